The molecular formula is C22H23N5O3S2. The van der Waals surface area contributed by atoms with Gasteiger partial charge in [-0.3, -0.25) is 0 Å². The Labute approximate surface area is 190 Å². The number of aromatic nitrogens is 3. The van der Waals surface area contributed by atoms with Gasteiger partial charge in [0, 0.05) is 16.1 Å². The van der Waals surface area contributed by atoms with Crippen molar-refractivity contribution in [3.63, 3.8) is 0 Å². The normalized spacial score (nSPS) is 13.8. The number of rotatable bonds is 5. The van der Waals surface area contributed by atoms with Crippen LogP contribution in [0.1, 0.15) is 40.4 Å². The molecule has 5 rings (SSSR count). The van der Waals surface area contributed by atoms with Crippen LogP contribution in [0.25, 0.3) is 10.2 Å². The molecule has 0 fully saturated rings. The first-order chi connectivity index (χ1) is 15.3. The van der Waals surface area contributed by atoms with E-state index in [2.05, 4.69) is 25.2 Å². The highest BCUT2D eigenvalue weighted by Crippen LogP contribution is 2.39. The first-order valence-corrected chi connectivity index (χ1v) is 12.7. The van der Waals surface area contributed by atoms with Gasteiger partial charge in [0.15, 0.2) is 0 Å². The zero-order chi connectivity index (χ0) is 22.5. The summed E-state index contributed by atoms with van der Waals surface area (Å²) in [7, 11) is -3.79. The lowest BCUT2D eigenvalue weighted by atomic mass is 9.97. The average Bonchev–Trinajstić information content (AvgIpc) is 3.28. The Balaban J connectivity index is 1.43. The molecule has 3 heterocycles. The summed E-state index contributed by atoms with van der Waals surface area (Å²) in [5, 5.41) is 8.25. The van der Waals surface area contributed by atoms with Crippen molar-refractivity contribution in [1.82, 2.24) is 15.1 Å². The Morgan fingerprint density at radius 2 is 1.78 bits per heavy atom. The molecular weight excluding hydrogens is 446 g/mol. The number of nitrogens with zero attached hydrogens (tertiary/aromatic N) is 3. The quantitative estimate of drug-likeness (QED) is 0.422. The lowest BCUT2D eigenvalue weighted by molar-refractivity contribution is 0.430. The maximum Gasteiger partial charge on any atom is 0.264 e. The average molecular weight is 470 g/mol. The van der Waals surface area contributed by atoms with E-state index in [0.29, 0.717) is 17.1 Å². The molecule has 0 amide bonds. The minimum absolute atomic E-state index is 0.130. The van der Waals surface area contributed by atoms with Crippen molar-refractivity contribution in [1.29, 1.82) is 0 Å². The highest BCUT2D eigenvalue weighted by Gasteiger charge is 2.22. The van der Waals surface area contributed by atoms with Gasteiger partial charge in [0.05, 0.1) is 16.0 Å². The minimum Gasteiger partial charge on any atom is -0.340 e. The van der Waals surface area contributed by atoms with Crippen molar-refractivity contribution >= 4 is 49.0 Å². The standard InChI is InChI=1S/C22H23N5O3S2/c1-12-13(2)26-30-21(12)27-32(28,29)16-10-8-15(9-11-16)25-20-19-17-6-4-5-7-18(17)31-22(19)24-14(3)23-20/h8-11,27H,4-7H2,1-3H3,(H,23,24,25). The second kappa shape index (κ2) is 7.86. The third-order valence-corrected chi connectivity index (χ3v) is 8.27. The monoisotopic (exact) mass is 469 g/mol. The molecule has 166 valence electrons. The highest BCUT2D eigenvalue weighted by atomic mass is 32.2. The molecule has 0 spiro atoms. The number of benzene rings is 1. The van der Waals surface area contributed by atoms with Gasteiger partial charge < -0.3 is 9.84 Å². The summed E-state index contributed by atoms with van der Waals surface area (Å²) in [5.41, 5.74) is 3.41. The lowest BCUT2D eigenvalue weighted by Gasteiger charge is -2.13. The van der Waals surface area contributed by atoms with Crippen LogP contribution in [0.15, 0.2) is 33.7 Å². The fraction of sp³-hybridized carbons (Fsp3) is 0.318. The van der Waals surface area contributed by atoms with Gasteiger partial charge in [0.2, 0.25) is 5.88 Å². The van der Waals surface area contributed by atoms with Gasteiger partial charge in [-0.15, -0.1) is 11.3 Å². The van der Waals surface area contributed by atoms with Crippen LogP contribution < -0.4 is 10.0 Å². The summed E-state index contributed by atoms with van der Waals surface area (Å²) in [6.45, 7) is 5.40. The third kappa shape index (κ3) is 3.73. The topological polar surface area (TPSA) is 110 Å². The van der Waals surface area contributed by atoms with Crippen LogP contribution in [-0.4, -0.2) is 23.5 Å². The summed E-state index contributed by atoms with van der Waals surface area (Å²) >= 11 is 1.76. The number of sulfonamides is 1. The van der Waals surface area contributed by atoms with Crippen LogP contribution in [-0.2, 0) is 22.9 Å². The number of hydrogen-bond acceptors (Lipinski definition) is 8. The molecule has 0 aliphatic heterocycles. The Kier molecular flexibility index (Phi) is 5.13. The van der Waals surface area contributed by atoms with E-state index >= 15 is 0 Å². The summed E-state index contributed by atoms with van der Waals surface area (Å²) in [5.74, 6) is 1.61. The van der Waals surface area contributed by atoms with E-state index < -0.39 is 10.0 Å². The molecule has 1 aliphatic carbocycles. The van der Waals surface area contributed by atoms with Crippen LogP contribution in [0.3, 0.4) is 0 Å². The van der Waals surface area contributed by atoms with Gasteiger partial charge in [-0.25, -0.2) is 23.1 Å². The zero-order valence-corrected chi connectivity index (χ0v) is 19.7. The van der Waals surface area contributed by atoms with Crippen molar-refractivity contribution in [3.05, 3.63) is 51.8 Å². The predicted octanol–water partition coefficient (Wildman–Crippen LogP) is 5.03. The smallest absolute Gasteiger partial charge is 0.264 e. The summed E-state index contributed by atoms with van der Waals surface area (Å²) in [4.78, 5) is 11.8. The van der Waals surface area contributed by atoms with Gasteiger partial charge in [0.25, 0.3) is 10.0 Å². The second-order valence-corrected chi connectivity index (χ2v) is 10.8. The number of fused-ring (bicyclic) bond motifs is 3. The molecule has 0 unspecified atom stereocenters. The van der Waals surface area contributed by atoms with E-state index in [9.17, 15) is 8.42 Å². The van der Waals surface area contributed by atoms with Crippen molar-refractivity contribution < 1.29 is 12.9 Å². The highest BCUT2D eigenvalue weighted by molar-refractivity contribution is 7.92. The van der Waals surface area contributed by atoms with E-state index in [1.807, 2.05) is 6.92 Å². The molecule has 0 atom stereocenters. The van der Waals surface area contributed by atoms with Gasteiger partial charge in [-0.2, -0.15) is 0 Å². The van der Waals surface area contributed by atoms with Crippen molar-refractivity contribution in [2.24, 2.45) is 0 Å². The van der Waals surface area contributed by atoms with E-state index in [1.165, 1.54) is 23.3 Å². The van der Waals surface area contributed by atoms with Crippen molar-refractivity contribution in [2.45, 2.75) is 51.3 Å². The van der Waals surface area contributed by atoms with E-state index in [4.69, 9.17) is 4.52 Å². The Bertz CT molecular complexity index is 1420. The van der Waals surface area contributed by atoms with Gasteiger partial charge >= 0.3 is 0 Å². The Morgan fingerprint density at radius 3 is 2.50 bits per heavy atom. The first-order valence-electron chi connectivity index (χ1n) is 10.4. The van der Waals surface area contributed by atoms with Crippen molar-refractivity contribution in [3.8, 4) is 0 Å². The molecule has 0 saturated carbocycles. The Hall–Kier alpha value is -2.98. The molecule has 8 nitrogen and oxygen atoms in total. The zero-order valence-electron chi connectivity index (χ0n) is 18.0. The van der Waals surface area contributed by atoms with Crippen LogP contribution in [0, 0.1) is 20.8 Å². The predicted molar refractivity (Wildman–Crippen MR) is 125 cm³/mol. The molecule has 1 aliphatic rings. The molecule has 4 aromatic rings. The fourth-order valence-electron chi connectivity index (χ4n) is 3.90. The van der Waals surface area contributed by atoms with E-state index in [1.54, 1.807) is 49.4 Å². The number of anilines is 3. The van der Waals surface area contributed by atoms with Crippen molar-refractivity contribution in [2.75, 3.05) is 10.0 Å². The summed E-state index contributed by atoms with van der Waals surface area (Å²) in [6.07, 6.45) is 4.53. The fourth-order valence-corrected chi connectivity index (χ4v) is 6.25. The molecule has 0 saturated heterocycles. The molecule has 1 aromatic carbocycles. The van der Waals surface area contributed by atoms with Gasteiger partial charge in [-0.1, -0.05) is 5.16 Å². The maximum atomic E-state index is 12.7. The molecule has 0 bridgehead atoms. The van der Waals surface area contributed by atoms with Crippen LogP contribution in [0.5, 0.6) is 0 Å². The maximum absolute atomic E-state index is 12.7. The number of nitrogens with one attached hydrogen (secondary N) is 2. The molecule has 2 N–H and O–H groups in total. The summed E-state index contributed by atoms with van der Waals surface area (Å²) < 4.78 is 33.0. The molecule has 0 radical (unpaired) electrons. The SMILES string of the molecule is Cc1nc(Nc2ccc(S(=O)(=O)Nc3onc(C)c3C)cc2)c2c3c(sc2n1)CCCC3. The summed E-state index contributed by atoms with van der Waals surface area (Å²) in [6, 6.07) is 6.57. The van der Waals surface area contributed by atoms with Crippen LogP contribution >= 0.6 is 11.3 Å². The molecule has 3 aromatic heterocycles. The van der Waals surface area contributed by atoms with Gasteiger partial charge in [0.1, 0.15) is 16.5 Å². The van der Waals surface area contributed by atoms with Crippen LogP contribution in [0.4, 0.5) is 17.4 Å². The largest absolute Gasteiger partial charge is 0.340 e. The number of aryl methyl sites for hydroxylation is 4. The molecule has 10 heteroatoms. The Morgan fingerprint density at radius 1 is 1.03 bits per heavy atom. The molecule has 32 heavy (non-hydrogen) atoms. The lowest BCUT2D eigenvalue weighted by Crippen LogP contribution is -2.13. The van der Waals surface area contributed by atoms with E-state index in [-0.39, 0.29) is 10.8 Å². The van der Waals surface area contributed by atoms with Crippen LogP contribution in [0.2, 0.25) is 0 Å². The van der Waals surface area contributed by atoms with E-state index in [0.717, 1.165) is 34.6 Å². The number of thiophene rings is 1. The number of hydrogen-bond donors (Lipinski definition) is 2. The second-order valence-electron chi connectivity index (χ2n) is 7.99. The minimum atomic E-state index is -3.79. The first kappa shape index (κ1) is 20.9. The third-order valence-electron chi connectivity index (χ3n) is 5.74. The van der Waals surface area contributed by atoms with Gasteiger partial charge in [-0.05, 0) is 76.3 Å².